The van der Waals surface area contributed by atoms with Gasteiger partial charge in [0.15, 0.2) is 0 Å². The molecule has 1 fully saturated rings. The van der Waals surface area contributed by atoms with Crippen LogP contribution in [0.25, 0.3) is 0 Å². The molecule has 0 N–H and O–H groups in total. The Morgan fingerprint density at radius 2 is 1.40 bits per heavy atom. The largest absolute Gasteiger partial charge is 0.379 e. The normalized spacial score (nSPS) is 16.5. The van der Waals surface area contributed by atoms with Crippen LogP contribution < -0.4 is 0 Å². The van der Waals surface area contributed by atoms with Crippen molar-refractivity contribution in [2.45, 2.75) is 73.6 Å². The molecule has 0 unspecified atom stereocenters. The van der Waals surface area contributed by atoms with Crippen LogP contribution in [0.5, 0.6) is 0 Å². The quantitative estimate of drug-likeness (QED) is 0.453. The molecular formula is C18H38O2. The van der Waals surface area contributed by atoms with Crippen LogP contribution in [-0.4, -0.2) is 26.4 Å². The highest BCUT2D eigenvalue weighted by atomic mass is 16.5. The number of hydrogen-bond donors (Lipinski definition) is 0. The van der Waals surface area contributed by atoms with E-state index in [0.29, 0.717) is 5.41 Å². The molecule has 0 radical (unpaired) electrons. The van der Waals surface area contributed by atoms with Gasteiger partial charge in [-0.2, -0.15) is 0 Å². The van der Waals surface area contributed by atoms with Crippen LogP contribution in [0.3, 0.4) is 0 Å². The molecule has 2 heteroatoms. The molecular weight excluding hydrogens is 248 g/mol. The van der Waals surface area contributed by atoms with Gasteiger partial charge in [0.2, 0.25) is 0 Å². The lowest BCUT2D eigenvalue weighted by Gasteiger charge is -2.19. The van der Waals surface area contributed by atoms with Crippen molar-refractivity contribution in [2.75, 3.05) is 26.4 Å². The average molecular weight is 286 g/mol. The maximum absolute atomic E-state index is 5.64. The van der Waals surface area contributed by atoms with Crippen molar-refractivity contribution in [1.29, 1.82) is 0 Å². The summed E-state index contributed by atoms with van der Waals surface area (Å²) in [6, 6.07) is 0. The second-order valence-corrected chi connectivity index (χ2v) is 6.88. The van der Waals surface area contributed by atoms with Crippen molar-refractivity contribution in [2.24, 2.45) is 17.3 Å². The lowest BCUT2D eigenvalue weighted by atomic mass is 9.88. The molecule has 0 spiro atoms. The summed E-state index contributed by atoms with van der Waals surface area (Å²) < 4.78 is 11.2. The second-order valence-electron chi connectivity index (χ2n) is 6.88. The molecule has 0 aromatic heterocycles. The van der Waals surface area contributed by atoms with Gasteiger partial charge in [0.05, 0.1) is 13.2 Å². The first kappa shape index (κ1) is 19.9. The first-order valence-electron chi connectivity index (χ1n) is 8.22. The lowest BCUT2D eigenvalue weighted by Crippen LogP contribution is -2.11. The van der Waals surface area contributed by atoms with E-state index >= 15 is 0 Å². The van der Waals surface area contributed by atoms with E-state index in [-0.39, 0.29) is 7.43 Å². The zero-order valence-corrected chi connectivity index (χ0v) is 13.5. The van der Waals surface area contributed by atoms with Crippen LogP contribution in [0.2, 0.25) is 0 Å². The third kappa shape index (κ3) is 8.26. The molecule has 0 atom stereocenters. The third-order valence-electron chi connectivity index (χ3n) is 4.52. The zero-order chi connectivity index (χ0) is 14.1. The highest BCUT2D eigenvalue weighted by Crippen LogP contribution is 2.55. The molecule has 20 heavy (non-hydrogen) atoms. The predicted octanol–water partition coefficient (Wildman–Crippen LogP) is 5.31. The van der Waals surface area contributed by atoms with Crippen LogP contribution in [0, 0.1) is 17.3 Å². The summed E-state index contributed by atoms with van der Waals surface area (Å²) in [5.41, 5.74) is 0.677. The molecule has 1 aliphatic rings. The minimum atomic E-state index is 0. The van der Waals surface area contributed by atoms with E-state index in [4.69, 9.17) is 9.47 Å². The summed E-state index contributed by atoms with van der Waals surface area (Å²) in [7, 11) is 0. The van der Waals surface area contributed by atoms with E-state index in [9.17, 15) is 0 Å². The van der Waals surface area contributed by atoms with Gasteiger partial charge in [0.25, 0.3) is 0 Å². The van der Waals surface area contributed by atoms with E-state index in [0.717, 1.165) is 38.3 Å². The molecule has 1 aliphatic carbocycles. The molecule has 1 rings (SSSR count). The SMILES string of the molecule is C.CC(C)CCCOCCOCCCC1(C(C)C)CC1. The van der Waals surface area contributed by atoms with E-state index < -0.39 is 0 Å². The predicted molar refractivity (Wildman–Crippen MR) is 88.2 cm³/mol. The van der Waals surface area contributed by atoms with Gasteiger partial charge in [0, 0.05) is 13.2 Å². The Labute approximate surface area is 127 Å². The van der Waals surface area contributed by atoms with Crippen molar-refractivity contribution in [1.82, 2.24) is 0 Å². The Hall–Kier alpha value is -0.0800. The van der Waals surface area contributed by atoms with Gasteiger partial charge in [-0.25, -0.2) is 0 Å². The Balaban J connectivity index is 0.00000361. The van der Waals surface area contributed by atoms with Gasteiger partial charge in [-0.1, -0.05) is 35.1 Å². The van der Waals surface area contributed by atoms with Gasteiger partial charge < -0.3 is 9.47 Å². The highest BCUT2D eigenvalue weighted by Gasteiger charge is 2.44. The highest BCUT2D eigenvalue weighted by molar-refractivity contribution is 4.94. The van der Waals surface area contributed by atoms with Gasteiger partial charge >= 0.3 is 0 Å². The second kappa shape index (κ2) is 10.6. The Bertz CT molecular complexity index is 219. The van der Waals surface area contributed by atoms with E-state index in [1.54, 1.807) is 0 Å². The van der Waals surface area contributed by atoms with E-state index in [1.807, 2.05) is 0 Å². The summed E-state index contributed by atoms with van der Waals surface area (Å²) in [6.07, 6.45) is 7.87. The summed E-state index contributed by atoms with van der Waals surface area (Å²) in [5, 5.41) is 0. The summed E-state index contributed by atoms with van der Waals surface area (Å²) >= 11 is 0. The molecule has 122 valence electrons. The molecule has 2 nitrogen and oxygen atoms in total. The smallest absolute Gasteiger partial charge is 0.0700 e. The molecule has 0 amide bonds. The number of ether oxygens (including phenoxy) is 2. The number of rotatable bonds is 12. The molecule has 0 heterocycles. The minimum Gasteiger partial charge on any atom is -0.379 e. The van der Waals surface area contributed by atoms with Crippen LogP contribution in [0.4, 0.5) is 0 Å². The summed E-state index contributed by atoms with van der Waals surface area (Å²) in [6.45, 7) is 12.5. The van der Waals surface area contributed by atoms with E-state index in [2.05, 4.69) is 27.7 Å². The molecule has 1 saturated carbocycles. The summed E-state index contributed by atoms with van der Waals surface area (Å²) in [5.74, 6) is 1.63. The fourth-order valence-electron chi connectivity index (χ4n) is 2.72. The van der Waals surface area contributed by atoms with Crippen molar-refractivity contribution in [3.05, 3.63) is 0 Å². The van der Waals surface area contributed by atoms with Gasteiger partial charge in [-0.3, -0.25) is 0 Å². The minimum absolute atomic E-state index is 0. The fraction of sp³-hybridized carbons (Fsp3) is 1.00. The van der Waals surface area contributed by atoms with Crippen LogP contribution in [-0.2, 0) is 9.47 Å². The van der Waals surface area contributed by atoms with E-state index in [1.165, 1.54) is 38.5 Å². The standard InChI is InChI=1S/C17H34O2.CH4/c1-15(2)7-5-11-18-13-14-19-12-6-8-17(9-10-17)16(3)4;/h15-16H,5-14H2,1-4H3;1H4. The summed E-state index contributed by atoms with van der Waals surface area (Å²) in [4.78, 5) is 0. The topological polar surface area (TPSA) is 18.5 Å². The van der Waals surface area contributed by atoms with Crippen molar-refractivity contribution in [3.8, 4) is 0 Å². The molecule has 0 bridgehead atoms. The maximum atomic E-state index is 5.64. The van der Waals surface area contributed by atoms with Crippen molar-refractivity contribution < 1.29 is 9.47 Å². The van der Waals surface area contributed by atoms with Crippen molar-refractivity contribution in [3.63, 3.8) is 0 Å². The Kier molecular flexibility index (Phi) is 10.6. The number of hydrogen-bond acceptors (Lipinski definition) is 2. The Morgan fingerprint density at radius 3 is 1.85 bits per heavy atom. The first-order chi connectivity index (χ1) is 9.07. The monoisotopic (exact) mass is 286 g/mol. The van der Waals surface area contributed by atoms with Gasteiger partial charge in [-0.05, 0) is 55.8 Å². The van der Waals surface area contributed by atoms with Crippen molar-refractivity contribution >= 4 is 0 Å². The van der Waals surface area contributed by atoms with Crippen LogP contribution in [0.15, 0.2) is 0 Å². The Morgan fingerprint density at radius 1 is 0.850 bits per heavy atom. The maximum Gasteiger partial charge on any atom is 0.0700 e. The van der Waals surface area contributed by atoms with Gasteiger partial charge in [0.1, 0.15) is 0 Å². The van der Waals surface area contributed by atoms with Gasteiger partial charge in [-0.15, -0.1) is 0 Å². The third-order valence-corrected chi connectivity index (χ3v) is 4.52. The first-order valence-corrected chi connectivity index (χ1v) is 8.22. The molecule has 0 aromatic carbocycles. The fourth-order valence-corrected chi connectivity index (χ4v) is 2.72. The molecule has 0 aromatic rings. The zero-order valence-electron chi connectivity index (χ0n) is 13.5. The average Bonchev–Trinajstić information content (AvgIpc) is 3.12. The van der Waals surface area contributed by atoms with Crippen LogP contribution in [0.1, 0.15) is 73.6 Å². The molecule has 0 aliphatic heterocycles. The lowest BCUT2D eigenvalue weighted by molar-refractivity contribution is 0.0423. The van der Waals surface area contributed by atoms with Crippen LogP contribution >= 0.6 is 0 Å². The molecule has 0 saturated heterocycles.